The van der Waals surface area contributed by atoms with Gasteiger partial charge in [-0.15, -0.1) is 0 Å². The van der Waals surface area contributed by atoms with Crippen LogP contribution in [0.4, 0.5) is 0 Å². The van der Waals surface area contributed by atoms with Crippen LogP contribution in [0.3, 0.4) is 0 Å². The molecule has 1 heterocycles. The Hall–Kier alpha value is -0.910. The Morgan fingerprint density at radius 3 is 2.56 bits per heavy atom. The highest BCUT2D eigenvalue weighted by molar-refractivity contribution is 7.92. The van der Waals surface area contributed by atoms with Gasteiger partial charge in [-0.3, -0.25) is 0 Å². The Kier molecular flexibility index (Phi) is 4.04. The van der Waals surface area contributed by atoms with E-state index in [-0.39, 0.29) is 12.6 Å². The molecule has 1 aliphatic rings. The fourth-order valence-electron chi connectivity index (χ4n) is 2.25. The predicted octanol–water partition coefficient (Wildman–Crippen LogP) is 1.15. The largest absolute Gasteiger partial charge is 0.380 e. The first kappa shape index (κ1) is 13.5. The van der Waals surface area contributed by atoms with Crippen molar-refractivity contribution in [2.45, 2.75) is 29.5 Å². The number of aryl methyl sites for hydroxylation is 1. The molecular formula is C13H19NO3S. The molecule has 1 fully saturated rings. The van der Waals surface area contributed by atoms with Crippen molar-refractivity contribution < 1.29 is 13.2 Å². The van der Waals surface area contributed by atoms with Crippen LogP contribution in [0.1, 0.15) is 12.0 Å². The van der Waals surface area contributed by atoms with Gasteiger partial charge in [0.15, 0.2) is 9.84 Å². The van der Waals surface area contributed by atoms with E-state index in [4.69, 9.17) is 4.74 Å². The van der Waals surface area contributed by atoms with Crippen LogP contribution in [-0.2, 0) is 14.6 Å². The summed E-state index contributed by atoms with van der Waals surface area (Å²) in [4.78, 5) is 0.379. The van der Waals surface area contributed by atoms with Gasteiger partial charge < -0.3 is 10.1 Å². The molecule has 0 bridgehead atoms. The van der Waals surface area contributed by atoms with E-state index in [0.29, 0.717) is 11.5 Å². The van der Waals surface area contributed by atoms with Crippen LogP contribution >= 0.6 is 0 Å². The van der Waals surface area contributed by atoms with E-state index in [2.05, 4.69) is 5.32 Å². The number of benzene rings is 1. The number of sulfone groups is 1. The molecule has 0 aromatic heterocycles. The molecule has 1 aromatic carbocycles. The fourth-order valence-corrected chi connectivity index (χ4v) is 4.10. The third kappa shape index (κ3) is 2.58. The lowest BCUT2D eigenvalue weighted by atomic mass is 10.1. The molecule has 1 aromatic rings. The van der Waals surface area contributed by atoms with Crippen LogP contribution < -0.4 is 5.32 Å². The Morgan fingerprint density at radius 1 is 1.28 bits per heavy atom. The van der Waals surface area contributed by atoms with E-state index in [1.54, 1.807) is 19.2 Å². The standard InChI is InChI=1S/C13H19NO3S/c1-10-3-5-11(6-4-10)18(15,16)13-9-17-8-7-12(13)14-2/h3-6,12-14H,7-9H2,1-2H3. The molecular weight excluding hydrogens is 250 g/mol. The first-order chi connectivity index (χ1) is 8.55. The van der Waals surface area contributed by atoms with Gasteiger partial charge in [0.2, 0.25) is 0 Å². The first-order valence-electron chi connectivity index (χ1n) is 6.11. The van der Waals surface area contributed by atoms with Crippen LogP contribution in [0.5, 0.6) is 0 Å². The lowest BCUT2D eigenvalue weighted by Crippen LogP contribution is -2.49. The van der Waals surface area contributed by atoms with Crippen molar-refractivity contribution in [3.8, 4) is 0 Å². The lowest BCUT2D eigenvalue weighted by molar-refractivity contribution is 0.0825. The summed E-state index contributed by atoms with van der Waals surface area (Å²) < 4.78 is 30.4. The van der Waals surface area contributed by atoms with Gasteiger partial charge in [0.1, 0.15) is 5.25 Å². The lowest BCUT2D eigenvalue weighted by Gasteiger charge is -2.30. The molecule has 1 N–H and O–H groups in total. The molecule has 18 heavy (non-hydrogen) atoms. The molecule has 0 amide bonds. The molecule has 0 saturated carbocycles. The smallest absolute Gasteiger partial charge is 0.185 e. The van der Waals surface area contributed by atoms with Gasteiger partial charge in [0.25, 0.3) is 0 Å². The number of nitrogens with one attached hydrogen (secondary N) is 1. The minimum absolute atomic E-state index is 0.0370. The van der Waals surface area contributed by atoms with E-state index in [1.165, 1.54) is 0 Å². The number of hydrogen-bond donors (Lipinski definition) is 1. The highest BCUT2D eigenvalue weighted by Gasteiger charge is 2.36. The Morgan fingerprint density at radius 2 is 1.94 bits per heavy atom. The molecule has 2 rings (SSSR count). The molecule has 0 spiro atoms. The van der Waals surface area contributed by atoms with E-state index in [1.807, 2.05) is 19.1 Å². The van der Waals surface area contributed by atoms with Crippen molar-refractivity contribution in [2.75, 3.05) is 20.3 Å². The summed E-state index contributed by atoms with van der Waals surface area (Å²) in [6, 6.07) is 6.96. The molecule has 1 aliphatic heterocycles. The summed E-state index contributed by atoms with van der Waals surface area (Å²) in [5, 5.41) is 2.58. The summed E-state index contributed by atoms with van der Waals surface area (Å²) in [6.07, 6.45) is 0.728. The number of rotatable bonds is 3. The zero-order chi connectivity index (χ0) is 13.2. The zero-order valence-corrected chi connectivity index (χ0v) is 11.5. The molecule has 5 heteroatoms. The molecule has 2 unspecified atom stereocenters. The fraction of sp³-hybridized carbons (Fsp3) is 0.538. The van der Waals surface area contributed by atoms with Crippen LogP contribution in [-0.4, -0.2) is 40.0 Å². The predicted molar refractivity (Wildman–Crippen MR) is 70.4 cm³/mol. The molecule has 100 valence electrons. The van der Waals surface area contributed by atoms with Gasteiger partial charge in [-0.2, -0.15) is 0 Å². The monoisotopic (exact) mass is 269 g/mol. The summed E-state index contributed by atoms with van der Waals surface area (Å²) in [7, 11) is -1.53. The summed E-state index contributed by atoms with van der Waals surface area (Å²) >= 11 is 0. The third-order valence-corrected chi connectivity index (χ3v) is 5.61. The molecule has 2 atom stereocenters. The molecule has 0 radical (unpaired) electrons. The van der Waals surface area contributed by atoms with Gasteiger partial charge in [0.05, 0.1) is 11.5 Å². The van der Waals surface area contributed by atoms with Crippen molar-refractivity contribution in [2.24, 2.45) is 0 Å². The number of hydrogen-bond acceptors (Lipinski definition) is 4. The van der Waals surface area contributed by atoms with Gasteiger partial charge in [0, 0.05) is 12.6 Å². The van der Waals surface area contributed by atoms with Crippen LogP contribution in [0.15, 0.2) is 29.2 Å². The second kappa shape index (κ2) is 5.38. The first-order valence-corrected chi connectivity index (χ1v) is 7.66. The van der Waals surface area contributed by atoms with Gasteiger partial charge in [-0.1, -0.05) is 17.7 Å². The average Bonchev–Trinajstić information content (AvgIpc) is 2.39. The van der Waals surface area contributed by atoms with Gasteiger partial charge in [-0.05, 0) is 32.5 Å². The van der Waals surface area contributed by atoms with Crippen molar-refractivity contribution in [3.05, 3.63) is 29.8 Å². The third-order valence-electron chi connectivity index (χ3n) is 3.42. The van der Waals surface area contributed by atoms with E-state index >= 15 is 0 Å². The maximum Gasteiger partial charge on any atom is 0.185 e. The molecule has 4 nitrogen and oxygen atoms in total. The second-order valence-electron chi connectivity index (χ2n) is 4.66. The Balaban J connectivity index is 2.32. The van der Waals surface area contributed by atoms with Gasteiger partial charge in [-0.25, -0.2) is 8.42 Å². The van der Waals surface area contributed by atoms with E-state index < -0.39 is 15.1 Å². The highest BCUT2D eigenvalue weighted by Crippen LogP contribution is 2.23. The quantitative estimate of drug-likeness (QED) is 0.894. The Bertz CT molecular complexity index is 495. The molecule has 0 aliphatic carbocycles. The zero-order valence-electron chi connectivity index (χ0n) is 10.7. The normalized spacial score (nSPS) is 25.0. The second-order valence-corrected chi connectivity index (χ2v) is 6.82. The average molecular weight is 269 g/mol. The van der Waals surface area contributed by atoms with Crippen molar-refractivity contribution in [1.29, 1.82) is 0 Å². The molecule has 1 saturated heterocycles. The SMILES string of the molecule is CNC1CCOCC1S(=O)(=O)c1ccc(C)cc1. The van der Waals surface area contributed by atoms with E-state index in [9.17, 15) is 8.42 Å². The van der Waals surface area contributed by atoms with Crippen LogP contribution in [0.2, 0.25) is 0 Å². The maximum absolute atomic E-state index is 12.5. The van der Waals surface area contributed by atoms with Crippen molar-refractivity contribution >= 4 is 9.84 Å². The topological polar surface area (TPSA) is 55.4 Å². The minimum atomic E-state index is -3.33. The van der Waals surface area contributed by atoms with Gasteiger partial charge >= 0.3 is 0 Å². The highest BCUT2D eigenvalue weighted by atomic mass is 32.2. The van der Waals surface area contributed by atoms with Crippen molar-refractivity contribution in [1.82, 2.24) is 5.32 Å². The minimum Gasteiger partial charge on any atom is -0.380 e. The Labute approximate surface area is 108 Å². The maximum atomic E-state index is 12.5. The van der Waals surface area contributed by atoms with E-state index in [0.717, 1.165) is 12.0 Å². The van der Waals surface area contributed by atoms with Crippen LogP contribution in [0, 0.1) is 6.92 Å². The summed E-state index contributed by atoms with van der Waals surface area (Å²) in [5.41, 5.74) is 1.05. The summed E-state index contributed by atoms with van der Waals surface area (Å²) in [6.45, 7) is 2.82. The van der Waals surface area contributed by atoms with Crippen LogP contribution in [0.25, 0.3) is 0 Å². The summed E-state index contributed by atoms with van der Waals surface area (Å²) in [5.74, 6) is 0. The number of ether oxygens (including phenoxy) is 1. The van der Waals surface area contributed by atoms with Crippen molar-refractivity contribution in [3.63, 3.8) is 0 Å².